The van der Waals surface area contributed by atoms with E-state index in [-0.39, 0.29) is 6.04 Å². The molecule has 23 heavy (non-hydrogen) atoms. The van der Waals surface area contributed by atoms with E-state index in [1.807, 2.05) is 30.5 Å². The molecule has 0 amide bonds. The summed E-state index contributed by atoms with van der Waals surface area (Å²) in [5.74, 6) is 0.302. The van der Waals surface area contributed by atoms with E-state index in [1.165, 1.54) is 17.7 Å². The quantitative estimate of drug-likeness (QED) is 0.779. The van der Waals surface area contributed by atoms with Crippen molar-refractivity contribution >= 4 is 10.9 Å². The molecule has 0 unspecified atom stereocenters. The molecule has 2 aromatic heterocycles. The van der Waals surface area contributed by atoms with E-state index in [4.69, 9.17) is 0 Å². The number of phenolic OH excluding ortho intramolecular Hbond substituents is 1. The van der Waals surface area contributed by atoms with E-state index >= 15 is 0 Å². The van der Waals surface area contributed by atoms with Crippen molar-refractivity contribution in [3.05, 3.63) is 66.1 Å². The van der Waals surface area contributed by atoms with Crippen LogP contribution < -0.4 is 4.90 Å². The van der Waals surface area contributed by atoms with Crippen LogP contribution in [0.3, 0.4) is 0 Å². The monoisotopic (exact) mass is 306 g/mol. The summed E-state index contributed by atoms with van der Waals surface area (Å²) in [5.41, 5.74) is 2.77. The highest BCUT2D eigenvalue weighted by atomic mass is 16.3. The van der Waals surface area contributed by atoms with E-state index in [0.29, 0.717) is 11.3 Å². The molecule has 0 spiro atoms. The first-order valence-electron chi connectivity index (χ1n) is 8.15. The number of quaternary nitrogens is 1. The van der Waals surface area contributed by atoms with Crippen LogP contribution in [0.15, 0.2) is 55.0 Å². The summed E-state index contributed by atoms with van der Waals surface area (Å²) < 4.78 is 0. The van der Waals surface area contributed by atoms with Gasteiger partial charge in [0.25, 0.3) is 0 Å². The van der Waals surface area contributed by atoms with Gasteiger partial charge in [-0.2, -0.15) is 0 Å². The molecule has 0 radical (unpaired) electrons. The first-order valence-corrected chi connectivity index (χ1v) is 8.15. The maximum atomic E-state index is 10.8. The number of phenols is 1. The third-order valence-electron chi connectivity index (χ3n) is 4.76. The second-order valence-corrected chi connectivity index (χ2v) is 6.16. The smallest absolute Gasteiger partial charge is 0.151 e. The Balaban J connectivity index is 1.88. The minimum Gasteiger partial charge on any atom is -0.505 e. The molecule has 0 aliphatic carbocycles. The Morgan fingerprint density at radius 1 is 1.00 bits per heavy atom. The van der Waals surface area contributed by atoms with Crippen molar-refractivity contribution in [1.29, 1.82) is 0 Å². The molecule has 4 rings (SSSR count). The average molecular weight is 306 g/mol. The second-order valence-electron chi connectivity index (χ2n) is 6.16. The Hall–Kier alpha value is -2.46. The van der Waals surface area contributed by atoms with Crippen molar-refractivity contribution in [2.75, 3.05) is 13.1 Å². The topological polar surface area (TPSA) is 50.5 Å². The lowest BCUT2D eigenvalue weighted by molar-refractivity contribution is -0.913. The number of pyridine rings is 2. The summed E-state index contributed by atoms with van der Waals surface area (Å²) in [6, 6.07) is 12.1. The molecule has 1 aromatic carbocycles. The van der Waals surface area contributed by atoms with Gasteiger partial charge in [-0.15, -0.1) is 0 Å². The van der Waals surface area contributed by atoms with Gasteiger partial charge in [-0.1, -0.05) is 12.1 Å². The summed E-state index contributed by atoms with van der Waals surface area (Å²) >= 11 is 0. The van der Waals surface area contributed by atoms with Gasteiger partial charge in [0.2, 0.25) is 0 Å². The summed E-state index contributed by atoms with van der Waals surface area (Å²) in [5, 5.41) is 11.8. The Bertz CT molecular complexity index is 813. The van der Waals surface area contributed by atoms with Crippen molar-refractivity contribution in [1.82, 2.24) is 9.97 Å². The van der Waals surface area contributed by atoms with Crippen LogP contribution in [0.1, 0.15) is 30.0 Å². The van der Waals surface area contributed by atoms with E-state index < -0.39 is 0 Å². The Morgan fingerprint density at radius 2 is 1.83 bits per heavy atom. The number of rotatable bonds is 3. The lowest BCUT2D eigenvalue weighted by Crippen LogP contribution is -3.10. The first-order chi connectivity index (χ1) is 11.3. The highest BCUT2D eigenvalue weighted by molar-refractivity contribution is 5.85. The van der Waals surface area contributed by atoms with Crippen LogP contribution in [0.5, 0.6) is 5.75 Å². The zero-order valence-corrected chi connectivity index (χ0v) is 12.9. The van der Waals surface area contributed by atoms with E-state index in [0.717, 1.165) is 29.6 Å². The van der Waals surface area contributed by atoms with Crippen molar-refractivity contribution < 1.29 is 10.0 Å². The van der Waals surface area contributed by atoms with Crippen LogP contribution in [-0.2, 0) is 0 Å². The predicted molar refractivity (Wildman–Crippen MR) is 89.4 cm³/mol. The number of aromatic nitrogens is 2. The number of nitrogens with one attached hydrogen (secondary N) is 1. The number of nitrogens with zero attached hydrogens (tertiary/aromatic N) is 2. The molecule has 1 fully saturated rings. The fourth-order valence-electron chi connectivity index (χ4n) is 3.68. The lowest BCUT2D eigenvalue weighted by Gasteiger charge is -2.26. The van der Waals surface area contributed by atoms with Crippen molar-refractivity contribution in [2.45, 2.75) is 18.9 Å². The first kappa shape index (κ1) is 14.2. The van der Waals surface area contributed by atoms with Crippen molar-refractivity contribution in [2.24, 2.45) is 0 Å². The van der Waals surface area contributed by atoms with Crippen LogP contribution in [0.2, 0.25) is 0 Å². The van der Waals surface area contributed by atoms with Gasteiger partial charge in [0.05, 0.1) is 18.7 Å². The SMILES string of the molecule is Oc1c([C@H](c2cccnc2)[NH+]2CCCC2)ccc2cccnc12. The minimum atomic E-state index is 0.109. The van der Waals surface area contributed by atoms with Crippen LogP contribution in [0, 0.1) is 0 Å². The van der Waals surface area contributed by atoms with Crippen LogP contribution >= 0.6 is 0 Å². The zero-order valence-electron chi connectivity index (χ0n) is 12.9. The number of hydrogen-bond donors (Lipinski definition) is 2. The lowest BCUT2D eigenvalue weighted by atomic mass is 9.96. The largest absolute Gasteiger partial charge is 0.505 e. The van der Waals surface area contributed by atoms with Crippen molar-refractivity contribution in [3.63, 3.8) is 0 Å². The number of fused-ring (bicyclic) bond motifs is 1. The maximum absolute atomic E-state index is 10.8. The standard InChI is InChI=1S/C19H19N3O/c23-19-16(8-7-14-5-4-10-21-17(14)19)18(22-11-1-2-12-22)15-6-3-9-20-13-15/h3-10,13,18,23H,1-2,11-12H2/p+1/t18-/m0/s1. The highest BCUT2D eigenvalue weighted by Crippen LogP contribution is 2.33. The van der Waals surface area contributed by atoms with Gasteiger partial charge < -0.3 is 10.0 Å². The summed E-state index contributed by atoms with van der Waals surface area (Å²) in [4.78, 5) is 10.1. The van der Waals surface area contributed by atoms with Gasteiger partial charge in [-0.05, 0) is 24.3 Å². The van der Waals surface area contributed by atoms with Gasteiger partial charge in [-0.3, -0.25) is 9.97 Å². The van der Waals surface area contributed by atoms with Crippen LogP contribution in [0.25, 0.3) is 10.9 Å². The average Bonchev–Trinajstić information content (AvgIpc) is 3.13. The third kappa shape index (κ3) is 2.55. The zero-order chi connectivity index (χ0) is 15.6. The normalized spacial score (nSPS) is 16.7. The molecule has 1 saturated heterocycles. The van der Waals surface area contributed by atoms with Gasteiger partial charge in [-0.25, -0.2) is 0 Å². The highest BCUT2D eigenvalue weighted by Gasteiger charge is 2.31. The molecule has 4 nitrogen and oxygen atoms in total. The summed E-state index contributed by atoms with van der Waals surface area (Å²) in [6.45, 7) is 2.25. The second kappa shape index (κ2) is 5.97. The molecule has 1 aliphatic heterocycles. The maximum Gasteiger partial charge on any atom is 0.151 e. The molecular weight excluding hydrogens is 286 g/mol. The number of likely N-dealkylation sites (tertiary alicyclic amines) is 1. The molecule has 116 valence electrons. The van der Waals surface area contributed by atoms with E-state index in [2.05, 4.69) is 22.1 Å². The Labute approximate surface area is 135 Å². The van der Waals surface area contributed by atoms with Crippen molar-refractivity contribution in [3.8, 4) is 5.75 Å². The van der Waals surface area contributed by atoms with Gasteiger partial charge in [0, 0.05) is 42.4 Å². The summed E-state index contributed by atoms with van der Waals surface area (Å²) in [7, 11) is 0. The third-order valence-corrected chi connectivity index (χ3v) is 4.76. The molecule has 2 N–H and O–H groups in total. The number of aromatic hydroxyl groups is 1. The van der Waals surface area contributed by atoms with Crippen LogP contribution in [-0.4, -0.2) is 28.2 Å². The molecular formula is C19H20N3O+. The van der Waals surface area contributed by atoms with E-state index in [1.54, 1.807) is 12.4 Å². The molecule has 1 atom stereocenters. The Morgan fingerprint density at radius 3 is 2.61 bits per heavy atom. The molecule has 3 heterocycles. The van der Waals surface area contributed by atoms with E-state index in [9.17, 15) is 5.11 Å². The molecule has 0 saturated carbocycles. The van der Waals surface area contributed by atoms with Crippen LogP contribution in [0.4, 0.5) is 0 Å². The van der Waals surface area contributed by atoms with Gasteiger partial charge in [0.15, 0.2) is 5.75 Å². The van der Waals surface area contributed by atoms with Gasteiger partial charge >= 0.3 is 0 Å². The molecule has 1 aliphatic rings. The Kier molecular flexibility index (Phi) is 3.67. The minimum absolute atomic E-state index is 0.109. The summed E-state index contributed by atoms with van der Waals surface area (Å²) in [6.07, 6.45) is 7.91. The molecule has 4 heteroatoms. The molecule has 0 bridgehead atoms. The predicted octanol–water partition coefficient (Wildman–Crippen LogP) is 2.10. The van der Waals surface area contributed by atoms with Gasteiger partial charge in [0.1, 0.15) is 11.6 Å². The number of hydrogen-bond acceptors (Lipinski definition) is 3. The fourth-order valence-corrected chi connectivity index (χ4v) is 3.68. The fraction of sp³-hybridized carbons (Fsp3) is 0.263. The number of benzene rings is 1. The molecule has 3 aromatic rings.